The third-order valence-electron chi connectivity index (χ3n) is 0. The van der Waals surface area contributed by atoms with Crippen LogP contribution in [0.4, 0.5) is 0 Å². The standard InChI is InChI=1S/2H2O.2O.Pt/h2*1H2;;;. The van der Waals surface area contributed by atoms with Gasteiger partial charge in [-0.15, -0.1) is 0 Å². The molecule has 0 aromatic carbocycles. The van der Waals surface area contributed by atoms with E-state index in [0.29, 0.717) is 0 Å². The van der Waals surface area contributed by atoms with Crippen LogP contribution in [0.5, 0.6) is 0 Å². The minimum atomic E-state index is -1.92. The molecule has 0 bridgehead atoms. The van der Waals surface area contributed by atoms with Crippen LogP contribution in [0, 0.1) is 0 Å². The summed E-state index contributed by atoms with van der Waals surface area (Å²) in [6, 6.07) is 0. The number of hydrogen-bond acceptors (Lipinski definition) is 2. The number of rotatable bonds is 0. The van der Waals surface area contributed by atoms with Crippen LogP contribution in [0.3, 0.4) is 0 Å². The molecule has 0 heterocycles. The van der Waals surface area contributed by atoms with Crippen LogP contribution >= 0.6 is 0 Å². The summed E-state index contributed by atoms with van der Waals surface area (Å²) in [5.41, 5.74) is 0. The molecular formula is H4O4Pt. The molecule has 0 aliphatic carbocycles. The van der Waals surface area contributed by atoms with E-state index >= 15 is 0 Å². The Kier molecular flexibility index (Phi) is 112. The van der Waals surface area contributed by atoms with Crippen LogP contribution in [0.2, 0.25) is 0 Å². The van der Waals surface area contributed by atoms with Crippen LogP contribution in [0.15, 0.2) is 0 Å². The summed E-state index contributed by atoms with van der Waals surface area (Å²) < 4.78 is 17.0. The molecule has 0 aliphatic rings. The van der Waals surface area contributed by atoms with E-state index in [2.05, 4.69) is 0 Å². The Hall–Kier alpha value is 0.208. The monoisotopic (exact) mass is 263 g/mol. The van der Waals surface area contributed by atoms with Crippen LogP contribution < -0.4 is 0 Å². The SMILES string of the molecule is O.O.[O]=[Pt]=[O]. The zero-order valence-electron chi connectivity index (χ0n) is 2.13. The summed E-state index contributed by atoms with van der Waals surface area (Å²) in [6.07, 6.45) is 0. The molecule has 5 heavy (non-hydrogen) atoms. The average molecular weight is 263 g/mol. The van der Waals surface area contributed by atoms with Gasteiger partial charge in [-0.3, -0.25) is 0 Å². The maximum absolute atomic E-state index is 8.49. The van der Waals surface area contributed by atoms with E-state index in [4.69, 9.17) is 6.80 Å². The van der Waals surface area contributed by atoms with E-state index in [1.807, 2.05) is 0 Å². The van der Waals surface area contributed by atoms with Gasteiger partial charge in [0.05, 0.1) is 0 Å². The van der Waals surface area contributed by atoms with E-state index < -0.39 is 18.5 Å². The molecule has 0 fully saturated rings. The van der Waals surface area contributed by atoms with E-state index in [9.17, 15) is 0 Å². The normalized spacial score (nSPS) is 4.00. The van der Waals surface area contributed by atoms with Gasteiger partial charge in [-0.1, -0.05) is 0 Å². The van der Waals surface area contributed by atoms with E-state index in [1.54, 1.807) is 0 Å². The first kappa shape index (κ1) is 18.9. The second kappa shape index (κ2) is 29.7. The molecule has 0 aliphatic heterocycles. The van der Waals surface area contributed by atoms with Crippen LogP contribution in [-0.4, -0.2) is 11.0 Å². The van der Waals surface area contributed by atoms with Crippen molar-refractivity contribution in [1.29, 1.82) is 0 Å². The molecule has 0 atom stereocenters. The van der Waals surface area contributed by atoms with Crippen molar-refractivity contribution in [2.45, 2.75) is 0 Å². The third-order valence-corrected chi connectivity index (χ3v) is 0. The van der Waals surface area contributed by atoms with Crippen molar-refractivity contribution in [3.05, 3.63) is 0 Å². The van der Waals surface area contributed by atoms with Gasteiger partial charge in [0.1, 0.15) is 0 Å². The van der Waals surface area contributed by atoms with Crippen molar-refractivity contribution in [3.63, 3.8) is 0 Å². The molecule has 0 aromatic rings. The number of hydrogen-bond donors (Lipinski definition) is 0. The Morgan fingerprint density at radius 1 is 1.00 bits per heavy atom. The van der Waals surface area contributed by atoms with Crippen molar-refractivity contribution in [3.8, 4) is 0 Å². The zero-order valence-corrected chi connectivity index (χ0v) is 4.40. The predicted molar refractivity (Wildman–Crippen MR) is 8.60 cm³/mol. The molecule has 38 valence electrons. The van der Waals surface area contributed by atoms with Crippen LogP contribution in [-0.2, 0) is 25.3 Å². The molecule has 0 spiro atoms. The van der Waals surface area contributed by atoms with Gasteiger partial charge in [-0.05, 0) is 0 Å². The molecular weight excluding hydrogens is 259 g/mol. The molecule has 0 unspecified atom stereocenters. The van der Waals surface area contributed by atoms with Crippen LogP contribution in [0.25, 0.3) is 0 Å². The summed E-state index contributed by atoms with van der Waals surface area (Å²) in [6.45, 7) is 0. The summed E-state index contributed by atoms with van der Waals surface area (Å²) in [4.78, 5) is 0. The minimum absolute atomic E-state index is 0. The van der Waals surface area contributed by atoms with Crippen molar-refractivity contribution >= 4 is 0 Å². The fourth-order valence-corrected chi connectivity index (χ4v) is 0. The van der Waals surface area contributed by atoms with Gasteiger partial charge in [-0.25, -0.2) is 0 Å². The summed E-state index contributed by atoms with van der Waals surface area (Å²) in [5.74, 6) is 0. The molecule has 0 radical (unpaired) electrons. The van der Waals surface area contributed by atoms with Gasteiger partial charge in [-0.2, -0.15) is 0 Å². The molecule has 0 aromatic heterocycles. The fraction of sp³-hybridized carbons (Fsp3) is 0. The molecule has 0 saturated carbocycles. The van der Waals surface area contributed by atoms with Crippen molar-refractivity contribution < 1.29 is 36.2 Å². The topological polar surface area (TPSA) is 97.1 Å². The Labute approximate surface area is 36.9 Å². The second-order valence-corrected chi connectivity index (χ2v) is 0.431. The molecule has 0 rings (SSSR count). The van der Waals surface area contributed by atoms with Crippen LogP contribution in [0.1, 0.15) is 0 Å². The molecule has 4 nitrogen and oxygen atoms in total. The summed E-state index contributed by atoms with van der Waals surface area (Å²) >= 11 is -1.92. The predicted octanol–water partition coefficient (Wildman–Crippen LogP) is -1.89. The molecule has 0 amide bonds. The zero-order chi connectivity index (χ0) is 2.71. The summed E-state index contributed by atoms with van der Waals surface area (Å²) in [7, 11) is 0. The Bertz CT molecular complexity index is 24.6. The van der Waals surface area contributed by atoms with E-state index in [0.717, 1.165) is 0 Å². The first-order valence-electron chi connectivity index (χ1n) is 0.258. The fourth-order valence-electron chi connectivity index (χ4n) is 0. The van der Waals surface area contributed by atoms with E-state index in [1.165, 1.54) is 0 Å². The van der Waals surface area contributed by atoms with Gasteiger partial charge in [0.2, 0.25) is 0 Å². The van der Waals surface area contributed by atoms with Gasteiger partial charge in [0.15, 0.2) is 0 Å². The van der Waals surface area contributed by atoms with Gasteiger partial charge >= 0.3 is 25.3 Å². The third kappa shape index (κ3) is 473. The van der Waals surface area contributed by atoms with Gasteiger partial charge < -0.3 is 11.0 Å². The maximum atomic E-state index is 8.49. The van der Waals surface area contributed by atoms with Crippen molar-refractivity contribution in [2.24, 2.45) is 0 Å². The second-order valence-electron chi connectivity index (χ2n) is 0.0527. The molecule has 5 heteroatoms. The Balaban J connectivity index is -0.0000000200. The first-order valence-corrected chi connectivity index (χ1v) is 2.11. The van der Waals surface area contributed by atoms with Gasteiger partial charge in [0, 0.05) is 0 Å². The Morgan fingerprint density at radius 2 is 1.00 bits per heavy atom. The molecule has 4 N–H and O–H groups in total. The average Bonchev–Trinajstić information content (AvgIpc) is 0.918. The quantitative estimate of drug-likeness (QED) is 0.510. The first-order chi connectivity index (χ1) is 1.41. The van der Waals surface area contributed by atoms with Crippen molar-refractivity contribution in [2.75, 3.05) is 0 Å². The van der Waals surface area contributed by atoms with E-state index in [-0.39, 0.29) is 11.0 Å². The van der Waals surface area contributed by atoms with Gasteiger partial charge in [0.25, 0.3) is 0 Å². The molecule has 0 saturated heterocycles. The Morgan fingerprint density at radius 3 is 1.00 bits per heavy atom. The summed E-state index contributed by atoms with van der Waals surface area (Å²) in [5, 5.41) is 0. The van der Waals surface area contributed by atoms with Crippen molar-refractivity contribution in [1.82, 2.24) is 0 Å².